The van der Waals surface area contributed by atoms with Crippen molar-refractivity contribution in [3.8, 4) is 0 Å². The van der Waals surface area contributed by atoms with Crippen LogP contribution in [0.15, 0.2) is 29.9 Å². The summed E-state index contributed by atoms with van der Waals surface area (Å²) in [5.41, 5.74) is 1.13. The summed E-state index contributed by atoms with van der Waals surface area (Å²) >= 11 is 0. The first-order chi connectivity index (χ1) is 12.5. The number of piperidine rings is 1. The summed E-state index contributed by atoms with van der Waals surface area (Å²) in [5, 5.41) is 3.50. The van der Waals surface area contributed by atoms with E-state index in [-0.39, 0.29) is 0 Å². The Morgan fingerprint density at radius 3 is 2.85 bits per heavy atom. The number of guanidine groups is 1. The van der Waals surface area contributed by atoms with Gasteiger partial charge < -0.3 is 24.3 Å². The summed E-state index contributed by atoms with van der Waals surface area (Å²) in [4.78, 5) is 17.5. The zero-order chi connectivity index (χ0) is 18.7. The lowest BCUT2D eigenvalue weighted by atomic mass is 9.93. The van der Waals surface area contributed by atoms with Gasteiger partial charge in [0.1, 0.15) is 0 Å². The van der Waals surface area contributed by atoms with Crippen molar-refractivity contribution in [2.45, 2.75) is 25.9 Å². The molecule has 2 aromatic rings. The van der Waals surface area contributed by atoms with Crippen LogP contribution in [0, 0.1) is 5.92 Å². The molecule has 8 heteroatoms. The van der Waals surface area contributed by atoms with Crippen LogP contribution in [0.25, 0.3) is 0 Å². The van der Waals surface area contributed by atoms with Gasteiger partial charge in [-0.25, -0.2) is 9.97 Å². The predicted octanol–water partition coefficient (Wildman–Crippen LogP) is 1.34. The van der Waals surface area contributed by atoms with Gasteiger partial charge >= 0.3 is 0 Å². The molecule has 1 saturated heterocycles. The Labute approximate surface area is 155 Å². The molecule has 1 aliphatic heterocycles. The molecule has 142 valence electrons. The van der Waals surface area contributed by atoms with Crippen LogP contribution in [0.3, 0.4) is 0 Å². The van der Waals surface area contributed by atoms with Gasteiger partial charge in [0.2, 0.25) is 5.95 Å². The normalized spacial score (nSPS) is 21.1. The second-order valence-corrected chi connectivity index (χ2v) is 7.19. The quantitative estimate of drug-likeness (QED) is 0.660. The molecule has 0 aromatic carbocycles. The van der Waals surface area contributed by atoms with Crippen molar-refractivity contribution in [1.82, 2.24) is 29.3 Å². The maximum atomic E-state index is 4.51. The van der Waals surface area contributed by atoms with Crippen molar-refractivity contribution in [3.63, 3.8) is 0 Å². The van der Waals surface area contributed by atoms with E-state index in [1.165, 1.54) is 0 Å². The molecule has 0 saturated carbocycles. The fourth-order valence-corrected chi connectivity index (χ4v) is 3.61. The lowest BCUT2D eigenvalue weighted by Crippen LogP contribution is -2.48. The largest absolute Gasteiger partial charge is 0.351 e. The van der Waals surface area contributed by atoms with E-state index in [9.17, 15) is 0 Å². The average molecular weight is 358 g/mol. The van der Waals surface area contributed by atoms with Gasteiger partial charge in [-0.2, -0.15) is 0 Å². The van der Waals surface area contributed by atoms with E-state index in [4.69, 9.17) is 0 Å². The van der Waals surface area contributed by atoms with E-state index in [2.05, 4.69) is 47.4 Å². The van der Waals surface area contributed by atoms with E-state index in [1.54, 1.807) is 0 Å². The minimum absolute atomic E-state index is 0.418. The fraction of sp³-hybridized carbons (Fsp3) is 0.611. The molecule has 3 rings (SSSR count). The highest BCUT2D eigenvalue weighted by atomic mass is 15.3. The van der Waals surface area contributed by atoms with Crippen LogP contribution in [0.2, 0.25) is 0 Å². The van der Waals surface area contributed by atoms with Gasteiger partial charge in [0, 0.05) is 53.7 Å². The molecule has 0 bridgehead atoms. The molecular formula is C18H30N8. The Morgan fingerprint density at radius 1 is 1.42 bits per heavy atom. The Balaban J connectivity index is 1.66. The summed E-state index contributed by atoms with van der Waals surface area (Å²) in [5.74, 6) is 2.51. The molecule has 0 aliphatic carbocycles. The average Bonchev–Trinajstić information content (AvgIpc) is 3.27. The van der Waals surface area contributed by atoms with Crippen LogP contribution in [0.4, 0.5) is 5.95 Å². The van der Waals surface area contributed by atoms with E-state index < -0.39 is 0 Å². The smallest absolute Gasteiger partial charge is 0.204 e. The number of aromatic nitrogens is 4. The van der Waals surface area contributed by atoms with E-state index in [0.717, 1.165) is 37.1 Å². The number of aliphatic imine (C=N–C) groups is 1. The summed E-state index contributed by atoms with van der Waals surface area (Å²) in [6, 6.07) is 0.418. The first kappa shape index (κ1) is 18.3. The number of rotatable bonds is 4. The lowest BCUT2D eigenvalue weighted by molar-refractivity contribution is 0.189. The molecule has 1 N–H and O–H groups in total. The standard InChI is InChI=1S/C18H30N8/c1-14-6-8-25(12-16(14)26-9-7-20-13-26)17(19-2)21-10-15-11-22-18(23(3)4)24(15)5/h7,9,11,13-14,16H,6,8,10,12H2,1-5H3,(H,19,21). The minimum atomic E-state index is 0.418. The summed E-state index contributed by atoms with van der Waals surface area (Å²) < 4.78 is 4.32. The highest BCUT2D eigenvalue weighted by Crippen LogP contribution is 2.27. The second kappa shape index (κ2) is 7.80. The van der Waals surface area contributed by atoms with Crippen LogP contribution in [-0.2, 0) is 13.6 Å². The maximum Gasteiger partial charge on any atom is 0.204 e. The van der Waals surface area contributed by atoms with Crippen LogP contribution in [0.1, 0.15) is 25.1 Å². The molecule has 3 heterocycles. The number of imidazole rings is 2. The van der Waals surface area contributed by atoms with E-state index >= 15 is 0 Å². The third kappa shape index (κ3) is 3.68. The molecule has 2 unspecified atom stereocenters. The van der Waals surface area contributed by atoms with Crippen LogP contribution < -0.4 is 10.2 Å². The number of likely N-dealkylation sites (tertiary alicyclic amines) is 1. The molecule has 2 aromatic heterocycles. The molecule has 0 radical (unpaired) electrons. The Kier molecular flexibility index (Phi) is 5.49. The molecule has 1 fully saturated rings. The number of nitrogens with one attached hydrogen (secondary N) is 1. The van der Waals surface area contributed by atoms with Crippen LogP contribution in [0.5, 0.6) is 0 Å². The molecule has 8 nitrogen and oxygen atoms in total. The molecular weight excluding hydrogens is 328 g/mol. The van der Waals surface area contributed by atoms with Crippen molar-refractivity contribution in [3.05, 3.63) is 30.6 Å². The topological polar surface area (TPSA) is 66.5 Å². The number of anilines is 1. The third-order valence-corrected chi connectivity index (χ3v) is 5.23. The van der Waals surface area contributed by atoms with Gasteiger partial charge in [-0.3, -0.25) is 4.99 Å². The third-order valence-electron chi connectivity index (χ3n) is 5.23. The highest BCUT2D eigenvalue weighted by molar-refractivity contribution is 5.80. The molecule has 0 amide bonds. The van der Waals surface area contributed by atoms with Gasteiger partial charge in [0.05, 0.1) is 30.8 Å². The zero-order valence-corrected chi connectivity index (χ0v) is 16.4. The van der Waals surface area contributed by atoms with E-state index in [1.807, 2.05) is 51.8 Å². The van der Waals surface area contributed by atoms with Crippen LogP contribution >= 0.6 is 0 Å². The van der Waals surface area contributed by atoms with Crippen molar-refractivity contribution >= 4 is 11.9 Å². The van der Waals surface area contributed by atoms with Crippen molar-refractivity contribution in [2.24, 2.45) is 18.0 Å². The predicted molar refractivity (Wildman–Crippen MR) is 104 cm³/mol. The monoisotopic (exact) mass is 358 g/mol. The Bertz CT molecular complexity index is 730. The number of hydrogen-bond donors (Lipinski definition) is 1. The summed E-state index contributed by atoms with van der Waals surface area (Å²) in [6.07, 6.45) is 8.88. The number of hydrogen-bond acceptors (Lipinski definition) is 4. The van der Waals surface area contributed by atoms with Gasteiger partial charge in [-0.05, 0) is 12.3 Å². The maximum absolute atomic E-state index is 4.51. The highest BCUT2D eigenvalue weighted by Gasteiger charge is 2.28. The van der Waals surface area contributed by atoms with Gasteiger partial charge in [0.15, 0.2) is 5.96 Å². The lowest BCUT2D eigenvalue weighted by Gasteiger charge is -2.39. The fourth-order valence-electron chi connectivity index (χ4n) is 3.61. The number of nitrogens with zero attached hydrogens (tertiary/aromatic N) is 7. The van der Waals surface area contributed by atoms with Gasteiger partial charge in [-0.15, -0.1) is 0 Å². The summed E-state index contributed by atoms with van der Waals surface area (Å²) in [6.45, 7) is 4.97. The first-order valence-electron chi connectivity index (χ1n) is 9.12. The molecule has 26 heavy (non-hydrogen) atoms. The Hall–Kier alpha value is -2.51. The minimum Gasteiger partial charge on any atom is -0.351 e. The summed E-state index contributed by atoms with van der Waals surface area (Å²) in [7, 11) is 7.90. The van der Waals surface area contributed by atoms with Crippen molar-refractivity contribution < 1.29 is 0 Å². The molecule has 2 atom stereocenters. The van der Waals surface area contributed by atoms with Crippen LogP contribution in [-0.4, -0.2) is 64.2 Å². The second-order valence-electron chi connectivity index (χ2n) is 7.19. The van der Waals surface area contributed by atoms with Gasteiger partial charge in [-0.1, -0.05) is 6.92 Å². The SMILES string of the molecule is CN=C(NCc1cnc(N(C)C)n1C)N1CCC(C)C(n2ccnc2)C1. The van der Waals surface area contributed by atoms with Crippen molar-refractivity contribution in [2.75, 3.05) is 39.1 Å². The van der Waals surface area contributed by atoms with Crippen molar-refractivity contribution in [1.29, 1.82) is 0 Å². The van der Waals surface area contributed by atoms with E-state index in [0.29, 0.717) is 18.5 Å². The molecule has 0 spiro atoms. The Morgan fingerprint density at radius 2 is 2.23 bits per heavy atom. The molecule has 1 aliphatic rings. The first-order valence-corrected chi connectivity index (χ1v) is 9.12. The van der Waals surface area contributed by atoms with Gasteiger partial charge in [0.25, 0.3) is 0 Å². The zero-order valence-electron chi connectivity index (χ0n) is 16.4.